The lowest BCUT2D eigenvalue weighted by molar-refractivity contribution is 0.0904. The van der Waals surface area contributed by atoms with Crippen LogP contribution in [-0.2, 0) is 0 Å². The average Bonchev–Trinajstić information content (AvgIpc) is 2.36. The molecule has 1 amide bonds. The normalized spacial score (nSPS) is 12.3. The summed E-state index contributed by atoms with van der Waals surface area (Å²) < 4.78 is 18.6. The summed E-state index contributed by atoms with van der Waals surface area (Å²) in [5, 5.41) is 11.8. The van der Waals surface area contributed by atoms with E-state index in [1.54, 1.807) is 0 Å². The Morgan fingerprint density at radius 3 is 2.63 bits per heavy atom. The summed E-state index contributed by atoms with van der Waals surface area (Å²) in [6, 6.07) is 3.68. The molecule has 0 fully saturated rings. The number of hydrogen-bond donors (Lipinski definition) is 2. The Morgan fingerprint density at radius 1 is 1.47 bits per heavy atom. The van der Waals surface area contributed by atoms with E-state index in [9.17, 15) is 14.3 Å². The highest BCUT2D eigenvalue weighted by molar-refractivity contribution is 5.94. The van der Waals surface area contributed by atoms with Crippen LogP contribution in [0.5, 0.6) is 5.75 Å². The van der Waals surface area contributed by atoms with E-state index in [1.165, 1.54) is 19.2 Å². The van der Waals surface area contributed by atoms with Crippen molar-refractivity contribution in [3.63, 3.8) is 0 Å². The van der Waals surface area contributed by atoms with Crippen LogP contribution in [0.25, 0.3) is 0 Å². The quantitative estimate of drug-likeness (QED) is 0.830. The maximum absolute atomic E-state index is 13.7. The van der Waals surface area contributed by atoms with Crippen LogP contribution in [0.2, 0.25) is 0 Å². The molecule has 0 spiro atoms. The van der Waals surface area contributed by atoms with E-state index in [-0.39, 0.29) is 18.2 Å². The Bertz CT molecular complexity index is 435. The zero-order valence-corrected chi connectivity index (χ0v) is 11.4. The monoisotopic (exact) mass is 269 g/mol. The van der Waals surface area contributed by atoms with Crippen LogP contribution < -0.4 is 10.1 Å². The van der Waals surface area contributed by atoms with Crippen molar-refractivity contribution in [1.82, 2.24) is 5.32 Å². The van der Waals surface area contributed by atoms with Crippen molar-refractivity contribution in [3.8, 4) is 5.75 Å². The fourth-order valence-electron chi connectivity index (χ4n) is 1.82. The third-order valence-corrected chi connectivity index (χ3v) is 2.73. The molecule has 0 saturated carbocycles. The molecule has 5 heteroatoms. The Hall–Kier alpha value is -1.62. The molecule has 0 saturated heterocycles. The Balaban J connectivity index is 2.77. The van der Waals surface area contributed by atoms with Gasteiger partial charge in [0, 0.05) is 6.07 Å². The van der Waals surface area contributed by atoms with E-state index in [0.717, 1.165) is 6.07 Å². The number of halogens is 1. The maximum Gasteiger partial charge on any atom is 0.254 e. The minimum Gasteiger partial charge on any atom is -0.497 e. The Kier molecular flexibility index (Phi) is 5.76. The highest BCUT2D eigenvalue weighted by Crippen LogP contribution is 2.16. The van der Waals surface area contributed by atoms with E-state index in [4.69, 9.17) is 4.74 Å². The van der Waals surface area contributed by atoms with Gasteiger partial charge in [-0.25, -0.2) is 4.39 Å². The average molecular weight is 269 g/mol. The smallest absolute Gasteiger partial charge is 0.254 e. The number of aliphatic hydroxyl groups is 1. The molecule has 106 valence electrons. The third kappa shape index (κ3) is 4.52. The molecule has 0 aromatic heterocycles. The molecule has 4 nitrogen and oxygen atoms in total. The molecular formula is C14H20FNO3. The lowest BCUT2D eigenvalue weighted by atomic mass is 10.0. The molecule has 0 bridgehead atoms. The second-order valence-corrected chi connectivity index (χ2v) is 4.83. The van der Waals surface area contributed by atoms with Crippen molar-refractivity contribution >= 4 is 5.91 Å². The molecule has 2 N–H and O–H groups in total. The van der Waals surface area contributed by atoms with Gasteiger partial charge in [0.15, 0.2) is 0 Å². The number of amides is 1. The molecule has 0 aliphatic heterocycles. The fourth-order valence-corrected chi connectivity index (χ4v) is 1.82. The standard InChI is InChI=1S/C14H20FNO3/c1-9(2)6-10(8-17)16-14(18)12-5-4-11(19-3)7-13(12)15/h4-5,7,9-10,17H,6,8H2,1-3H3,(H,16,18). The van der Waals surface area contributed by atoms with Gasteiger partial charge in [0.05, 0.1) is 25.3 Å². The minimum atomic E-state index is -0.641. The van der Waals surface area contributed by atoms with Crippen molar-refractivity contribution < 1.29 is 19.0 Å². The predicted molar refractivity (Wildman–Crippen MR) is 70.7 cm³/mol. The highest BCUT2D eigenvalue weighted by Gasteiger charge is 2.17. The number of ether oxygens (including phenoxy) is 1. The summed E-state index contributed by atoms with van der Waals surface area (Å²) in [6.07, 6.45) is 0.639. The van der Waals surface area contributed by atoms with Crippen LogP contribution in [-0.4, -0.2) is 30.8 Å². The Morgan fingerprint density at radius 2 is 2.16 bits per heavy atom. The largest absolute Gasteiger partial charge is 0.497 e. The molecule has 1 aromatic carbocycles. The first-order valence-corrected chi connectivity index (χ1v) is 6.23. The number of nitrogens with one attached hydrogen (secondary N) is 1. The highest BCUT2D eigenvalue weighted by atomic mass is 19.1. The van der Waals surface area contributed by atoms with E-state index < -0.39 is 11.7 Å². The van der Waals surface area contributed by atoms with Gasteiger partial charge in [-0.1, -0.05) is 13.8 Å². The molecule has 0 radical (unpaired) electrons. The van der Waals surface area contributed by atoms with Crippen LogP contribution in [0.4, 0.5) is 4.39 Å². The van der Waals surface area contributed by atoms with Gasteiger partial charge >= 0.3 is 0 Å². The van der Waals surface area contributed by atoms with Crippen LogP contribution in [0.15, 0.2) is 18.2 Å². The van der Waals surface area contributed by atoms with Crippen molar-refractivity contribution in [3.05, 3.63) is 29.6 Å². The Labute approximate surface area is 112 Å². The number of rotatable bonds is 6. The van der Waals surface area contributed by atoms with Gasteiger partial charge in [-0.15, -0.1) is 0 Å². The number of aliphatic hydroxyl groups excluding tert-OH is 1. The van der Waals surface area contributed by atoms with Gasteiger partial charge < -0.3 is 15.2 Å². The zero-order chi connectivity index (χ0) is 14.4. The SMILES string of the molecule is COc1ccc(C(=O)NC(CO)CC(C)C)c(F)c1. The van der Waals surface area contributed by atoms with Crippen LogP contribution in [0.1, 0.15) is 30.6 Å². The second-order valence-electron chi connectivity index (χ2n) is 4.83. The summed E-state index contributed by atoms with van der Waals surface area (Å²) in [7, 11) is 1.43. The van der Waals surface area contributed by atoms with E-state index in [1.807, 2.05) is 13.8 Å². The van der Waals surface area contributed by atoms with Crippen LogP contribution in [0.3, 0.4) is 0 Å². The summed E-state index contributed by atoms with van der Waals surface area (Å²) >= 11 is 0. The van der Waals surface area contributed by atoms with Gasteiger partial charge in [-0.3, -0.25) is 4.79 Å². The molecule has 1 aromatic rings. The van der Waals surface area contributed by atoms with Crippen molar-refractivity contribution in [2.24, 2.45) is 5.92 Å². The number of methoxy groups -OCH3 is 1. The van der Waals surface area contributed by atoms with Gasteiger partial charge in [-0.05, 0) is 24.5 Å². The molecule has 1 atom stereocenters. The van der Waals surface area contributed by atoms with Crippen molar-refractivity contribution in [1.29, 1.82) is 0 Å². The predicted octanol–water partition coefficient (Wildman–Crippen LogP) is 1.97. The van der Waals surface area contributed by atoms with E-state index in [2.05, 4.69) is 5.32 Å². The summed E-state index contributed by atoms with van der Waals surface area (Å²) in [4.78, 5) is 11.9. The minimum absolute atomic E-state index is 0.0528. The molecule has 0 heterocycles. The number of carbonyl (C=O) groups is 1. The first-order valence-electron chi connectivity index (χ1n) is 6.23. The molecule has 0 aliphatic carbocycles. The van der Waals surface area contributed by atoms with Crippen molar-refractivity contribution in [2.45, 2.75) is 26.3 Å². The maximum atomic E-state index is 13.7. The van der Waals surface area contributed by atoms with E-state index in [0.29, 0.717) is 18.1 Å². The second kappa shape index (κ2) is 7.09. The number of benzene rings is 1. The van der Waals surface area contributed by atoms with Crippen LogP contribution in [0, 0.1) is 11.7 Å². The topological polar surface area (TPSA) is 58.6 Å². The molecule has 19 heavy (non-hydrogen) atoms. The fraction of sp³-hybridized carbons (Fsp3) is 0.500. The lowest BCUT2D eigenvalue weighted by Gasteiger charge is -2.18. The first-order chi connectivity index (χ1) is 8.97. The molecule has 1 unspecified atom stereocenters. The molecule has 0 aliphatic rings. The number of carbonyl (C=O) groups excluding carboxylic acids is 1. The van der Waals surface area contributed by atoms with Gasteiger partial charge in [0.25, 0.3) is 5.91 Å². The van der Waals surface area contributed by atoms with Crippen molar-refractivity contribution in [2.75, 3.05) is 13.7 Å². The van der Waals surface area contributed by atoms with Crippen LogP contribution >= 0.6 is 0 Å². The lowest BCUT2D eigenvalue weighted by Crippen LogP contribution is -2.38. The zero-order valence-electron chi connectivity index (χ0n) is 11.4. The first kappa shape index (κ1) is 15.4. The van der Waals surface area contributed by atoms with E-state index >= 15 is 0 Å². The molecule has 1 rings (SSSR count). The molecular weight excluding hydrogens is 249 g/mol. The van der Waals surface area contributed by atoms with Gasteiger partial charge in [0.2, 0.25) is 0 Å². The summed E-state index contributed by atoms with van der Waals surface area (Å²) in [5.74, 6) is -0.481. The summed E-state index contributed by atoms with van der Waals surface area (Å²) in [6.45, 7) is 3.81. The third-order valence-electron chi connectivity index (χ3n) is 2.73. The van der Waals surface area contributed by atoms with Gasteiger partial charge in [0.1, 0.15) is 11.6 Å². The summed E-state index contributed by atoms with van der Waals surface area (Å²) in [5.41, 5.74) is -0.0528. The van der Waals surface area contributed by atoms with Gasteiger partial charge in [-0.2, -0.15) is 0 Å². The number of hydrogen-bond acceptors (Lipinski definition) is 3.